The van der Waals surface area contributed by atoms with Crippen LogP contribution in [0.5, 0.6) is 0 Å². The SMILES string of the molecule is C[C@H](N)C(=O)OC[C@H]1O[C@@H](O)[C@H](O)[C@@H](OC(=O)[C@H](C)N)[C@@H]1O. The molecule has 0 saturated carbocycles. The normalized spacial score (nSPS) is 34.6. The third-order valence-electron chi connectivity index (χ3n) is 3.05. The zero-order valence-corrected chi connectivity index (χ0v) is 12.3. The van der Waals surface area contributed by atoms with Crippen LogP contribution in [0.3, 0.4) is 0 Å². The second-order valence-corrected chi connectivity index (χ2v) is 5.16. The van der Waals surface area contributed by atoms with Gasteiger partial charge in [-0.2, -0.15) is 0 Å². The number of esters is 2. The summed E-state index contributed by atoms with van der Waals surface area (Å²) < 4.78 is 14.6. The fourth-order valence-corrected chi connectivity index (χ4v) is 1.73. The lowest BCUT2D eigenvalue weighted by Crippen LogP contribution is -2.60. The first kappa shape index (κ1) is 18.7. The zero-order chi connectivity index (χ0) is 17.0. The summed E-state index contributed by atoms with van der Waals surface area (Å²) in [6.07, 6.45) is -7.60. The van der Waals surface area contributed by atoms with Gasteiger partial charge in [-0.05, 0) is 13.8 Å². The Morgan fingerprint density at radius 1 is 1.09 bits per heavy atom. The van der Waals surface area contributed by atoms with E-state index in [-0.39, 0.29) is 0 Å². The first-order valence-corrected chi connectivity index (χ1v) is 6.73. The fourth-order valence-electron chi connectivity index (χ4n) is 1.73. The van der Waals surface area contributed by atoms with Gasteiger partial charge in [0.2, 0.25) is 0 Å². The van der Waals surface area contributed by atoms with Crippen LogP contribution >= 0.6 is 0 Å². The van der Waals surface area contributed by atoms with Gasteiger partial charge in [0.25, 0.3) is 0 Å². The fraction of sp³-hybridized carbons (Fsp3) is 0.833. The summed E-state index contributed by atoms with van der Waals surface area (Å²) in [7, 11) is 0. The van der Waals surface area contributed by atoms with Crippen LogP contribution < -0.4 is 11.5 Å². The van der Waals surface area contributed by atoms with Gasteiger partial charge in [-0.3, -0.25) is 9.59 Å². The molecule has 0 aromatic carbocycles. The number of aliphatic hydroxyl groups is 3. The van der Waals surface area contributed by atoms with Crippen molar-refractivity contribution < 1.29 is 39.1 Å². The van der Waals surface area contributed by atoms with E-state index in [1.54, 1.807) is 0 Å². The minimum Gasteiger partial charge on any atom is -0.462 e. The topological polar surface area (TPSA) is 175 Å². The number of ether oxygens (including phenoxy) is 3. The number of rotatable bonds is 5. The summed E-state index contributed by atoms with van der Waals surface area (Å²) in [4.78, 5) is 22.8. The van der Waals surface area contributed by atoms with Crippen molar-refractivity contribution in [3.63, 3.8) is 0 Å². The van der Waals surface area contributed by atoms with Crippen LogP contribution in [0.1, 0.15) is 13.8 Å². The molecule has 1 fully saturated rings. The highest BCUT2D eigenvalue weighted by molar-refractivity contribution is 5.75. The predicted octanol–water partition coefficient (Wildman–Crippen LogP) is -3.43. The molecule has 7 atom stereocenters. The minimum atomic E-state index is -1.73. The van der Waals surface area contributed by atoms with Crippen molar-refractivity contribution in [1.29, 1.82) is 0 Å². The zero-order valence-electron chi connectivity index (χ0n) is 12.3. The van der Waals surface area contributed by atoms with E-state index in [0.717, 1.165) is 0 Å². The molecule has 10 heteroatoms. The third-order valence-corrected chi connectivity index (χ3v) is 3.05. The van der Waals surface area contributed by atoms with Gasteiger partial charge in [-0.15, -0.1) is 0 Å². The van der Waals surface area contributed by atoms with Crippen molar-refractivity contribution in [3.8, 4) is 0 Å². The molecule has 0 radical (unpaired) electrons. The molecular weight excluding hydrogens is 300 g/mol. The number of carbonyl (C=O) groups is 2. The molecule has 22 heavy (non-hydrogen) atoms. The highest BCUT2D eigenvalue weighted by Gasteiger charge is 2.47. The summed E-state index contributed by atoms with van der Waals surface area (Å²) in [6.45, 7) is 2.34. The van der Waals surface area contributed by atoms with Crippen molar-refractivity contribution in [1.82, 2.24) is 0 Å². The second-order valence-electron chi connectivity index (χ2n) is 5.16. The van der Waals surface area contributed by atoms with Gasteiger partial charge in [0, 0.05) is 0 Å². The van der Waals surface area contributed by atoms with Gasteiger partial charge >= 0.3 is 11.9 Å². The summed E-state index contributed by atoms with van der Waals surface area (Å²) in [5.41, 5.74) is 10.6. The molecule has 0 aromatic heterocycles. The standard InChI is InChI=1S/C12H22N2O8/c1-4(13)10(17)20-3-6-7(15)9(8(16)12(19)21-6)22-11(18)5(2)14/h4-9,12,15-16,19H,3,13-14H2,1-2H3/t4-,5-,6+,7+,8+,9-,12+/m0/s1. The van der Waals surface area contributed by atoms with E-state index in [1.807, 2.05) is 0 Å². The van der Waals surface area contributed by atoms with E-state index in [9.17, 15) is 24.9 Å². The van der Waals surface area contributed by atoms with E-state index in [1.165, 1.54) is 13.8 Å². The molecule has 0 bridgehead atoms. The molecule has 0 aliphatic carbocycles. The molecule has 7 N–H and O–H groups in total. The van der Waals surface area contributed by atoms with Crippen LogP contribution in [0.15, 0.2) is 0 Å². The molecule has 0 aromatic rings. The lowest BCUT2D eigenvalue weighted by molar-refractivity contribution is -0.290. The van der Waals surface area contributed by atoms with E-state index < -0.39 is 61.3 Å². The Hall–Kier alpha value is -1.30. The molecule has 10 nitrogen and oxygen atoms in total. The molecule has 0 spiro atoms. The van der Waals surface area contributed by atoms with Crippen LogP contribution in [0.4, 0.5) is 0 Å². The largest absolute Gasteiger partial charge is 0.462 e. The molecule has 1 aliphatic rings. The molecule has 1 saturated heterocycles. The smallest absolute Gasteiger partial charge is 0.323 e. The number of hydrogen-bond donors (Lipinski definition) is 5. The molecule has 1 heterocycles. The van der Waals surface area contributed by atoms with Gasteiger partial charge in [0.1, 0.15) is 37.0 Å². The number of aliphatic hydroxyl groups excluding tert-OH is 3. The lowest BCUT2D eigenvalue weighted by Gasteiger charge is -2.40. The number of nitrogens with two attached hydrogens (primary N) is 2. The maximum Gasteiger partial charge on any atom is 0.323 e. The van der Waals surface area contributed by atoms with Crippen molar-refractivity contribution in [2.45, 2.75) is 56.6 Å². The Morgan fingerprint density at radius 2 is 1.64 bits per heavy atom. The molecule has 128 valence electrons. The number of hydrogen-bond acceptors (Lipinski definition) is 10. The van der Waals surface area contributed by atoms with Crippen LogP contribution in [-0.2, 0) is 23.8 Å². The van der Waals surface area contributed by atoms with Crippen molar-refractivity contribution in [2.75, 3.05) is 6.61 Å². The van der Waals surface area contributed by atoms with Crippen LogP contribution in [-0.4, -0.2) is 76.7 Å². The molecule has 1 aliphatic heterocycles. The predicted molar refractivity (Wildman–Crippen MR) is 71.0 cm³/mol. The third kappa shape index (κ3) is 4.60. The van der Waals surface area contributed by atoms with Gasteiger partial charge in [-0.25, -0.2) is 0 Å². The molecule has 0 amide bonds. The van der Waals surface area contributed by atoms with E-state index in [2.05, 4.69) is 0 Å². The van der Waals surface area contributed by atoms with Gasteiger partial charge in [-0.1, -0.05) is 0 Å². The highest BCUT2D eigenvalue weighted by Crippen LogP contribution is 2.23. The van der Waals surface area contributed by atoms with Gasteiger partial charge in [0.15, 0.2) is 12.4 Å². The minimum absolute atomic E-state index is 0.433. The second kappa shape index (κ2) is 7.81. The summed E-state index contributed by atoms with van der Waals surface area (Å²) in [5.74, 6) is -1.61. The van der Waals surface area contributed by atoms with Gasteiger partial charge in [0.05, 0.1) is 0 Å². The Bertz CT molecular complexity index is 403. The molecule has 0 unspecified atom stereocenters. The van der Waals surface area contributed by atoms with Gasteiger partial charge < -0.3 is 41.0 Å². The first-order valence-electron chi connectivity index (χ1n) is 6.73. The average molecular weight is 322 g/mol. The monoisotopic (exact) mass is 322 g/mol. The first-order chi connectivity index (χ1) is 10.1. The van der Waals surface area contributed by atoms with E-state index in [0.29, 0.717) is 0 Å². The van der Waals surface area contributed by atoms with E-state index >= 15 is 0 Å². The van der Waals surface area contributed by atoms with Crippen molar-refractivity contribution in [2.24, 2.45) is 11.5 Å². The maximum atomic E-state index is 11.5. The maximum absolute atomic E-state index is 11.5. The quantitative estimate of drug-likeness (QED) is 0.320. The molecular formula is C12H22N2O8. The Morgan fingerprint density at radius 3 is 2.14 bits per heavy atom. The molecule has 1 rings (SSSR count). The number of carbonyl (C=O) groups excluding carboxylic acids is 2. The van der Waals surface area contributed by atoms with Crippen molar-refractivity contribution in [3.05, 3.63) is 0 Å². The van der Waals surface area contributed by atoms with Crippen LogP contribution in [0.2, 0.25) is 0 Å². The van der Waals surface area contributed by atoms with E-state index in [4.69, 9.17) is 25.7 Å². The highest BCUT2D eigenvalue weighted by atomic mass is 16.7. The Balaban J connectivity index is 2.72. The summed E-state index contributed by atoms with van der Waals surface area (Å²) >= 11 is 0. The Kier molecular flexibility index (Phi) is 6.66. The average Bonchev–Trinajstić information content (AvgIpc) is 2.44. The van der Waals surface area contributed by atoms with Crippen LogP contribution in [0, 0.1) is 0 Å². The summed E-state index contributed by atoms with van der Waals surface area (Å²) in [6, 6.07) is -1.85. The lowest BCUT2D eigenvalue weighted by atomic mass is 9.99. The van der Waals surface area contributed by atoms with Crippen LogP contribution in [0.25, 0.3) is 0 Å². The van der Waals surface area contributed by atoms with Crippen molar-refractivity contribution >= 4 is 11.9 Å². The Labute approximate surface area is 126 Å². The summed E-state index contributed by atoms with van der Waals surface area (Å²) in [5, 5.41) is 29.4.